The molecular formula is C3HLa2O9-. The number of rotatable bonds is 2. The van der Waals surface area contributed by atoms with Gasteiger partial charge in [0.1, 0.15) is 0 Å². The summed E-state index contributed by atoms with van der Waals surface area (Å²) >= 11 is 0. The SMILES string of the molecule is O=[C-]OOC(=O)OOC(=O)OO.[La].[La]. The van der Waals surface area contributed by atoms with Crippen LogP contribution in [-0.2, 0) is 29.2 Å². The Hall–Kier alpha value is 0.360. The quantitative estimate of drug-likeness (QED) is 0.337. The van der Waals surface area contributed by atoms with Crippen LogP contribution < -0.4 is 0 Å². The van der Waals surface area contributed by atoms with E-state index in [9.17, 15) is 14.4 Å². The second-order valence-corrected chi connectivity index (χ2v) is 1.01. The first kappa shape index (κ1) is 19.9. The molecule has 0 aliphatic carbocycles. The summed E-state index contributed by atoms with van der Waals surface area (Å²) in [4.78, 5) is 45.5. The van der Waals surface area contributed by atoms with Crippen LogP contribution in [0.25, 0.3) is 0 Å². The Balaban J connectivity index is -0.000000605. The Morgan fingerprint density at radius 1 is 1.00 bits per heavy atom. The summed E-state index contributed by atoms with van der Waals surface area (Å²) in [5.41, 5.74) is 0. The fourth-order valence-electron chi connectivity index (χ4n) is 0.148. The van der Waals surface area contributed by atoms with E-state index in [2.05, 4.69) is 24.4 Å². The zero-order chi connectivity index (χ0) is 9.40. The average molecular weight is 459 g/mol. The van der Waals surface area contributed by atoms with Crippen LogP contribution in [0.5, 0.6) is 0 Å². The molecule has 0 saturated carbocycles. The summed E-state index contributed by atoms with van der Waals surface area (Å²) in [6.07, 6.45) is -3.37. The van der Waals surface area contributed by atoms with Crippen LogP contribution in [0.3, 0.4) is 0 Å². The summed E-state index contributed by atoms with van der Waals surface area (Å²) in [5.74, 6) is 0. The van der Waals surface area contributed by atoms with Gasteiger partial charge in [-0.1, -0.05) is 0 Å². The van der Waals surface area contributed by atoms with E-state index in [-0.39, 0.29) is 71.2 Å². The summed E-state index contributed by atoms with van der Waals surface area (Å²) in [6, 6.07) is 0. The molecule has 0 aliphatic heterocycles. The molecular weight excluding hydrogens is 458 g/mol. The maximum absolute atomic E-state index is 10.1. The Bertz CT molecular complexity index is 181. The summed E-state index contributed by atoms with van der Waals surface area (Å²) in [6.45, 7) is 0.706. The van der Waals surface area contributed by atoms with E-state index in [0.717, 1.165) is 0 Å². The zero-order valence-corrected chi connectivity index (χ0v) is 13.6. The molecule has 0 heterocycles. The maximum Gasteiger partial charge on any atom is 0.589 e. The van der Waals surface area contributed by atoms with Crippen LogP contribution >= 0.6 is 0 Å². The molecule has 14 heavy (non-hydrogen) atoms. The standard InChI is InChI=1S/C3HO9.2La/c4-1-8-10-3(6)12-11-2(5)9-7;;/h7H;;/q-1;;. The predicted molar refractivity (Wildman–Crippen MR) is 24.5 cm³/mol. The Morgan fingerprint density at radius 2 is 1.50 bits per heavy atom. The van der Waals surface area contributed by atoms with Gasteiger partial charge in [-0.3, -0.25) is 4.89 Å². The molecule has 0 unspecified atom stereocenters. The van der Waals surface area contributed by atoms with E-state index in [4.69, 9.17) is 5.26 Å². The molecule has 74 valence electrons. The molecule has 0 spiro atoms. The fourth-order valence-corrected chi connectivity index (χ4v) is 0.148. The van der Waals surface area contributed by atoms with Crippen molar-refractivity contribution in [2.24, 2.45) is 0 Å². The van der Waals surface area contributed by atoms with Gasteiger partial charge in [0.15, 0.2) is 0 Å². The van der Waals surface area contributed by atoms with Crippen molar-refractivity contribution >= 4 is 18.8 Å². The van der Waals surface area contributed by atoms with Crippen LogP contribution in [0.4, 0.5) is 9.59 Å². The summed E-state index contributed by atoms with van der Waals surface area (Å²) in [5, 5.41) is 7.52. The van der Waals surface area contributed by atoms with E-state index in [1.807, 2.05) is 0 Å². The molecule has 0 aromatic rings. The van der Waals surface area contributed by atoms with Crippen molar-refractivity contribution < 1.29 is 115 Å². The van der Waals surface area contributed by atoms with Gasteiger partial charge in [-0.15, -0.1) is 0 Å². The monoisotopic (exact) mass is 459 g/mol. The number of carbonyl (C=O) groups excluding carboxylic acids is 3. The van der Waals surface area contributed by atoms with E-state index in [1.54, 1.807) is 0 Å². The summed E-state index contributed by atoms with van der Waals surface area (Å²) < 4.78 is 0. The minimum absolute atomic E-state index is 0. The van der Waals surface area contributed by atoms with Gasteiger partial charge in [0.2, 0.25) is 0 Å². The number of hydrogen-bond acceptors (Lipinski definition) is 9. The molecule has 1 N–H and O–H groups in total. The molecule has 0 bridgehead atoms. The van der Waals surface area contributed by atoms with Gasteiger partial charge >= 0.3 is 12.3 Å². The van der Waals surface area contributed by atoms with Crippen molar-refractivity contribution in [1.82, 2.24) is 0 Å². The van der Waals surface area contributed by atoms with Crippen molar-refractivity contribution in [3.05, 3.63) is 0 Å². The van der Waals surface area contributed by atoms with E-state index in [1.165, 1.54) is 0 Å². The largest absolute Gasteiger partial charge is 0.589 e. The molecule has 0 amide bonds. The molecule has 9 nitrogen and oxygen atoms in total. The topological polar surface area (TPSA) is 118 Å². The molecule has 0 rings (SSSR count). The molecule has 0 aromatic heterocycles. The summed E-state index contributed by atoms with van der Waals surface area (Å²) in [7, 11) is 0. The van der Waals surface area contributed by atoms with Crippen LogP contribution in [-0.4, -0.2) is 24.0 Å². The molecule has 0 atom stereocenters. The van der Waals surface area contributed by atoms with Gasteiger partial charge in [-0.25, -0.2) is 4.89 Å². The van der Waals surface area contributed by atoms with E-state index in [0.29, 0.717) is 6.47 Å². The second kappa shape index (κ2) is 13.4. The van der Waals surface area contributed by atoms with E-state index < -0.39 is 12.3 Å². The maximum atomic E-state index is 10.1. The van der Waals surface area contributed by atoms with Crippen LogP contribution in [0.1, 0.15) is 0 Å². The second-order valence-electron chi connectivity index (χ2n) is 1.01. The van der Waals surface area contributed by atoms with Crippen molar-refractivity contribution in [3.8, 4) is 0 Å². The Labute approximate surface area is 132 Å². The van der Waals surface area contributed by atoms with Gasteiger partial charge < -0.3 is 9.68 Å². The third-order valence-corrected chi connectivity index (χ3v) is 0.396. The van der Waals surface area contributed by atoms with Crippen molar-refractivity contribution in [3.63, 3.8) is 0 Å². The minimum atomic E-state index is -1.71. The Kier molecular flexibility index (Phi) is 19.0. The molecule has 2 radical (unpaired) electrons. The smallest absolute Gasteiger partial charge is 0.494 e. The van der Waals surface area contributed by atoms with E-state index >= 15 is 0 Å². The van der Waals surface area contributed by atoms with Crippen LogP contribution in [0, 0.1) is 71.2 Å². The number of carbonyl (C=O) groups is 2. The first-order chi connectivity index (χ1) is 5.70. The van der Waals surface area contributed by atoms with Crippen LogP contribution in [0.2, 0.25) is 0 Å². The van der Waals surface area contributed by atoms with Gasteiger partial charge in [0, 0.05) is 71.2 Å². The molecule has 0 aliphatic rings. The Morgan fingerprint density at radius 3 is 1.93 bits per heavy atom. The van der Waals surface area contributed by atoms with Gasteiger partial charge in [0.05, 0.1) is 0 Å². The minimum Gasteiger partial charge on any atom is -0.494 e. The number of hydrogen-bond donors (Lipinski definition) is 1. The first-order valence-electron chi connectivity index (χ1n) is 2.15. The molecule has 0 aromatic carbocycles. The van der Waals surface area contributed by atoms with Crippen LogP contribution in [0.15, 0.2) is 0 Å². The fraction of sp³-hybridized carbons (Fsp3) is 0. The third-order valence-electron chi connectivity index (χ3n) is 0.396. The zero-order valence-electron chi connectivity index (χ0n) is 6.37. The van der Waals surface area contributed by atoms with Gasteiger partial charge in [-0.2, -0.15) is 24.6 Å². The normalized spacial score (nSPS) is 6.64. The molecule has 0 saturated heterocycles. The molecule has 11 heteroatoms. The van der Waals surface area contributed by atoms with Crippen molar-refractivity contribution in [1.29, 1.82) is 0 Å². The van der Waals surface area contributed by atoms with Crippen molar-refractivity contribution in [2.45, 2.75) is 0 Å². The molecule has 0 fully saturated rings. The first-order valence-corrected chi connectivity index (χ1v) is 2.15. The predicted octanol–water partition coefficient (Wildman–Crippen LogP) is -0.320. The van der Waals surface area contributed by atoms with Gasteiger partial charge in [0.25, 0.3) is 0 Å². The third kappa shape index (κ3) is 12.4. The van der Waals surface area contributed by atoms with Crippen molar-refractivity contribution in [2.75, 3.05) is 0 Å². The van der Waals surface area contributed by atoms with Gasteiger partial charge in [-0.05, 0) is 6.47 Å². The average Bonchev–Trinajstić information content (AvgIpc) is 2.10.